The van der Waals surface area contributed by atoms with Crippen LogP contribution in [0.5, 0.6) is 0 Å². The van der Waals surface area contributed by atoms with Gasteiger partial charge in [0.1, 0.15) is 5.44 Å². The number of pyridine rings is 3. The molecule has 0 aliphatic carbocycles. The third kappa shape index (κ3) is 2.92. The molecule has 0 aliphatic rings. The molecule has 7 heteroatoms. The van der Waals surface area contributed by atoms with E-state index in [1.807, 2.05) is 60.7 Å². The van der Waals surface area contributed by atoms with Crippen molar-refractivity contribution in [2.24, 2.45) is 0 Å². The van der Waals surface area contributed by atoms with Gasteiger partial charge in [0.2, 0.25) is 0 Å². The molecule has 1 atom stereocenters. The Kier molecular flexibility index (Phi) is 4.47. The SMILES string of the molecule is O=c1ccc(P(=O)(c2ccccc2)c2ccc3ccc4cccnc4c3n2)c2oc3ccc[nH]c3c12. The maximum absolute atomic E-state index is 15.3. The van der Waals surface area contributed by atoms with Crippen molar-refractivity contribution >= 4 is 67.1 Å². The van der Waals surface area contributed by atoms with Gasteiger partial charge >= 0.3 is 0 Å². The Morgan fingerprint density at radius 1 is 0.778 bits per heavy atom. The number of hydrogen-bond acceptors (Lipinski definition) is 5. The van der Waals surface area contributed by atoms with Crippen molar-refractivity contribution in [3.63, 3.8) is 0 Å². The van der Waals surface area contributed by atoms with Crippen molar-refractivity contribution in [3.8, 4) is 0 Å². The molecule has 0 fully saturated rings. The van der Waals surface area contributed by atoms with Crippen LogP contribution in [0.2, 0.25) is 0 Å². The van der Waals surface area contributed by atoms with E-state index in [1.165, 1.54) is 6.07 Å². The highest BCUT2D eigenvalue weighted by atomic mass is 31.2. The molecule has 7 rings (SSSR count). The first-order valence-electron chi connectivity index (χ1n) is 11.5. The number of nitrogens with one attached hydrogen (secondary N) is 1. The number of aromatic nitrogens is 3. The summed E-state index contributed by atoms with van der Waals surface area (Å²) in [6.45, 7) is 0. The smallest absolute Gasteiger partial charge is 0.192 e. The van der Waals surface area contributed by atoms with E-state index < -0.39 is 7.14 Å². The fourth-order valence-corrected chi connectivity index (χ4v) is 7.51. The molecule has 0 radical (unpaired) electrons. The van der Waals surface area contributed by atoms with E-state index in [0.717, 1.165) is 16.3 Å². The largest absolute Gasteiger partial charge is 0.453 e. The lowest BCUT2D eigenvalue weighted by atomic mass is 10.1. The molecular formula is C29H18N3O3P. The molecule has 4 heterocycles. The topological polar surface area (TPSA) is 88.8 Å². The van der Waals surface area contributed by atoms with E-state index in [9.17, 15) is 4.79 Å². The fourth-order valence-electron chi connectivity index (χ4n) is 4.87. The van der Waals surface area contributed by atoms with Crippen molar-refractivity contribution in [1.82, 2.24) is 15.0 Å². The van der Waals surface area contributed by atoms with Gasteiger partial charge in [0.15, 0.2) is 23.7 Å². The van der Waals surface area contributed by atoms with E-state index in [-0.39, 0.29) is 5.43 Å². The maximum Gasteiger partial charge on any atom is 0.192 e. The molecule has 172 valence electrons. The van der Waals surface area contributed by atoms with E-state index >= 15 is 4.57 Å². The lowest BCUT2D eigenvalue weighted by Crippen LogP contribution is -2.28. The van der Waals surface area contributed by atoms with Crippen LogP contribution >= 0.6 is 7.14 Å². The third-order valence-electron chi connectivity index (χ3n) is 6.58. The average molecular weight is 487 g/mol. The molecule has 0 spiro atoms. The Bertz CT molecular complexity index is 2060. The van der Waals surface area contributed by atoms with E-state index in [0.29, 0.717) is 43.6 Å². The van der Waals surface area contributed by atoms with Crippen LogP contribution in [0.15, 0.2) is 113 Å². The van der Waals surface area contributed by atoms with Crippen LogP contribution in [0.3, 0.4) is 0 Å². The quantitative estimate of drug-likeness (QED) is 0.280. The number of fused-ring (bicyclic) bond motifs is 6. The second-order valence-corrected chi connectivity index (χ2v) is 11.3. The molecule has 0 aliphatic heterocycles. The Morgan fingerprint density at radius 2 is 1.58 bits per heavy atom. The number of furan rings is 1. The van der Waals surface area contributed by atoms with Crippen LogP contribution in [0, 0.1) is 0 Å². The number of aromatic amines is 1. The van der Waals surface area contributed by atoms with Gasteiger partial charge in [-0.15, -0.1) is 0 Å². The Labute approximate surface area is 204 Å². The van der Waals surface area contributed by atoms with Crippen molar-refractivity contribution < 1.29 is 8.98 Å². The van der Waals surface area contributed by atoms with Gasteiger partial charge in [-0.25, -0.2) is 4.98 Å². The molecule has 1 N–H and O–H groups in total. The minimum atomic E-state index is -3.56. The first-order valence-corrected chi connectivity index (χ1v) is 13.2. The Morgan fingerprint density at radius 3 is 2.44 bits per heavy atom. The standard InChI is InChI=1S/C29H18N3O3P/c33-21-13-14-23(29-25(21)28-22(35-29)9-5-17-31-28)36(34,20-7-2-1-3-8-20)24-15-12-19-11-10-18-6-4-16-30-26(18)27(19)32-24/h1-17,31H. The molecule has 0 saturated carbocycles. The molecule has 7 aromatic rings. The van der Waals surface area contributed by atoms with Crippen molar-refractivity contribution in [2.75, 3.05) is 0 Å². The molecule has 4 aromatic heterocycles. The Hall–Kier alpha value is -4.54. The van der Waals surface area contributed by atoms with Crippen LogP contribution in [-0.2, 0) is 4.57 Å². The van der Waals surface area contributed by atoms with Crippen LogP contribution in [0.1, 0.15) is 0 Å². The van der Waals surface area contributed by atoms with Crippen LogP contribution in [0.25, 0.3) is 43.9 Å². The van der Waals surface area contributed by atoms with Crippen molar-refractivity contribution in [1.29, 1.82) is 0 Å². The summed E-state index contributed by atoms with van der Waals surface area (Å²) in [6.07, 6.45) is 3.47. The summed E-state index contributed by atoms with van der Waals surface area (Å²) in [4.78, 5) is 25.6. The minimum Gasteiger partial charge on any atom is -0.453 e. The molecule has 0 saturated heterocycles. The van der Waals surface area contributed by atoms with Gasteiger partial charge in [-0.3, -0.25) is 9.78 Å². The number of rotatable bonds is 3. The van der Waals surface area contributed by atoms with E-state index in [1.54, 1.807) is 36.7 Å². The summed E-state index contributed by atoms with van der Waals surface area (Å²) in [5.74, 6) is 0. The van der Waals surface area contributed by atoms with E-state index in [2.05, 4.69) is 9.97 Å². The van der Waals surface area contributed by atoms with Gasteiger partial charge in [-0.1, -0.05) is 54.6 Å². The van der Waals surface area contributed by atoms with Crippen LogP contribution in [-0.4, -0.2) is 15.0 Å². The monoisotopic (exact) mass is 487 g/mol. The van der Waals surface area contributed by atoms with E-state index in [4.69, 9.17) is 9.40 Å². The zero-order valence-corrected chi connectivity index (χ0v) is 19.8. The molecule has 36 heavy (non-hydrogen) atoms. The summed E-state index contributed by atoms with van der Waals surface area (Å²) in [5.41, 5.74) is 3.05. The zero-order valence-electron chi connectivity index (χ0n) is 18.9. The highest BCUT2D eigenvalue weighted by Crippen LogP contribution is 2.44. The summed E-state index contributed by atoms with van der Waals surface area (Å²) in [5, 5.41) is 3.28. The fraction of sp³-hybridized carbons (Fsp3) is 0. The predicted molar refractivity (Wildman–Crippen MR) is 144 cm³/mol. The van der Waals surface area contributed by atoms with Gasteiger partial charge in [-0.2, -0.15) is 0 Å². The third-order valence-corrected chi connectivity index (χ3v) is 9.53. The lowest BCUT2D eigenvalue weighted by Gasteiger charge is -2.19. The predicted octanol–water partition coefficient (Wildman–Crippen LogP) is 5.01. The van der Waals surface area contributed by atoms with Crippen molar-refractivity contribution in [2.45, 2.75) is 0 Å². The van der Waals surface area contributed by atoms with Gasteiger partial charge < -0.3 is 14.0 Å². The first kappa shape index (κ1) is 20.8. The van der Waals surface area contributed by atoms with Crippen LogP contribution < -0.4 is 21.5 Å². The summed E-state index contributed by atoms with van der Waals surface area (Å²) >= 11 is 0. The molecule has 1 unspecified atom stereocenters. The number of nitrogens with zero attached hydrogens (tertiary/aromatic N) is 2. The summed E-state index contributed by atoms with van der Waals surface area (Å²) < 4.78 is 21.5. The van der Waals surface area contributed by atoms with Gasteiger partial charge in [-0.05, 0) is 36.4 Å². The number of benzene rings is 3. The van der Waals surface area contributed by atoms with Crippen LogP contribution in [0.4, 0.5) is 0 Å². The zero-order chi connectivity index (χ0) is 24.3. The normalized spacial score (nSPS) is 13.4. The maximum atomic E-state index is 15.3. The number of H-pyrrole nitrogens is 1. The van der Waals surface area contributed by atoms with Gasteiger partial charge in [0.25, 0.3) is 0 Å². The average Bonchev–Trinajstić information content (AvgIpc) is 3.33. The van der Waals surface area contributed by atoms with Gasteiger partial charge in [0.05, 0.1) is 27.2 Å². The highest BCUT2D eigenvalue weighted by molar-refractivity contribution is 7.85. The first-order chi connectivity index (χ1) is 17.6. The van der Waals surface area contributed by atoms with Gasteiger partial charge in [0, 0.05) is 28.5 Å². The number of hydrogen-bond donors (Lipinski definition) is 1. The molecule has 0 bridgehead atoms. The lowest BCUT2D eigenvalue weighted by molar-refractivity contribution is 0.591. The highest BCUT2D eigenvalue weighted by Gasteiger charge is 2.35. The molecule has 3 aromatic carbocycles. The molecule has 0 amide bonds. The molecular weight excluding hydrogens is 469 g/mol. The summed E-state index contributed by atoms with van der Waals surface area (Å²) in [7, 11) is -3.56. The second-order valence-electron chi connectivity index (χ2n) is 8.63. The molecule has 6 nitrogen and oxygen atoms in total. The Balaban J connectivity index is 1.61. The van der Waals surface area contributed by atoms with Crippen molar-refractivity contribution in [3.05, 3.63) is 114 Å². The minimum absolute atomic E-state index is 0.198. The second kappa shape index (κ2) is 7.74. The summed E-state index contributed by atoms with van der Waals surface area (Å²) in [6, 6.07) is 27.5.